The van der Waals surface area contributed by atoms with Gasteiger partial charge < -0.3 is 10.2 Å². The lowest BCUT2D eigenvalue weighted by molar-refractivity contribution is -0.139. The van der Waals surface area contributed by atoms with Crippen LogP contribution in [-0.2, 0) is 32.2 Å². The molecule has 0 radical (unpaired) electrons. The van der Waals surface area contributed by atoms with Crippen molar-refractivity contribution in [3.63, 3.8) is 0 Å². The highest BCUT2D eigenvalue weighted by Crippen LogP contribution is 2.38. The first kappa shape index (κ1) is 31.0. The molecule has 0 heterocycles. The number of sulfonamides is 1. The Balaban J connectivity index is 2.08. The Labute approximate surface area is 236 Å². The van der Waals surface area contributed by atoms with Gasteiger partial charge in [0.2, 0.25) is 11.8 Å². The predicted octanol–water partition coefficient (Wildman–Crippen LogP) is 5.15. The van der Waals surface area contributed by atoms with E-state index in [1.807, 2.05) is 30.3 Å². The van der Waals surface area contributed by atoms with Crippen molar-refractivity contribution < 1.29 is 31.2 Å². The number of amides is 2. The van der Waals surface area contributed by atoms with E-state index < -0.39 is 56.9 Å². The summed E-state index contributed by atoms with van der Waals surface area (Å²) in [4.78, 5) is 27.5. The van der Waals surface area contributed by atoms with E-state index in [1.54, 1.807) is 13.0 Å². The number of hydrogen-bond donors (Lipinski definition) is 1. The van der Waals surface area contributed by atoms with Crippen molar-refractivity contribution in [1.29, 1.82) is 0 Å². The number of hydrogen-bond acceptors (Lipinski definition) is 4. The summed E-state index contributed by atoms with van der Waals surface area (Å²) in [6, 6.07) is 17.9. The van der Waals surface area contributed by atoms with E-state index in [0.717, 1.165) is 17.7 Å². The zero-order chi connectivity index (χ0) is 29.5. The molecule has 3 aromatic carbocycles. The molecule has 0 saturated heterocycles. The number of likely N-dealkylation sites (N-methyl/N-ethyl adjacent to an activating group) is 1. The molecule has 0 unspecified atom stereocenters. The normalized spacial score (nSPS) is 12.4. The van der Waals surface area contributed by atoms with Gasteiger partial charge in [-0.3, -0.25) is 13.9 Å². The Hall–Kier alpha value is -3.57. The molecular formula is C28H29ClF3N3O4S. The molecule has 0 aliphatic carbocycles. The van der Waals surface area contributed by atoms with Gasteiger partial charge in [-0.15, -0.1) is 0 Å². The van der Waals surface area contributed by atoms with E-state index in [9.17, 15) is 31.2 Å². The molecule has 0 spiro atoms. The molecule has 0 fully saturated rings. The second kappa shape index (κ2) is 13.2. The number of carbonyl (C=O) groups is 2. The van der Waals surface area contributed by atoms with E-state index in [4.69, 9.17) is 11.6 Å². The lowest BCUT2D eigenvalue weighted by Gasteiger charge is -2.33. The van der Waals surface area contributed by atoms with Gasteiger partial charge >= 0.3 is 6.18 Å². The molecule has 7 nitrogen and oxygen atoms in total. The van der Waals surface area contributed by atoms with Crippen molar-refractivity contribution in [3.05, 3.63) is 95.0 Å². The maximum absolute atomic E-state index is 13.8. The van der Waals surface area contributed by atoms with Crippen molar-refractivity contribution in [3.8, 4) is 0 Å². The summed E-state index contributed by atoms with van der Waals surface area (Å²) in [6.45, 7) is 0.927. The van der Waals surface area contributed by atoms with Crippen LogP contribution in [-0.4, -0.2) is 51.3 Å². The minimum atomic E-state index is -4.87. The van der Waals surface area contributed by atoms with E-state index in [1.165, 1.54) is 36.2 Å². The molecule has 0 aliphatic heterocycles. The molecule has 0 bridgehead atoms. The number of benzene rings is 3. The quantitative estimate of drug-likeness (QED) is 0.332. The third-order valence-corrected chi connectivity index (χ3v) is 8.39. The summed E-state index contributed by atoms with van der Waals surface area (Å²) in [5.74, 6) is -1.21. The fourth-order valence-corrected chi connectivity index (χ4v) is 5.85. The number of rotatable bonds is 11. The number of nitrogens with zero attached hydrogens (tertiary/aromatic N) is 2. The average molecular weight is 596 g/mol. The van der Waals surface area contributed by atoms with Crippen LogP contribution in [0.1, 0.15) is 24.5 Å². The Morgan fingerprint density at radius 1 is 0.975 bits per heavy atom. The molecule has 40 heavy (non-hydrogen) atoms. The zero-order valence-electron chi connectivity index (χ0n) is 21.9. The fraction of sp³-hybridized carbons (Fsp3) is 0.286. The lowest BCUT2D eigenvalue weighted by Crippen LogP contribution is -2.52. The first-order chi connectivity index (χ1) is 18.9. The summed E-state index contributed by atoms with van der Waals surface area (Å²) >= 11 is 5.78. The topological polar surface area (TPSA) is 86.8 Å². The SMILES string of the molecule is CC[C@@H](C(=O)NC)N(CCc1ccccc1)C(=O)CN(c1ccc(Cl)c(C(F)(F)F)c1)S(=O)(=O)c1ccccc1. The highest BCUT2D eigenvalue weighted by Gasteiger charge is 2.37. The maximum Gasteiger partial charge on any atom is 0.417 e. The number of carbonyl (C=O) groups excluding carboxylic acids is 2. The van der Waals surface area contributed by atoms with Crippen LogP contribution in [0.2, 0.25) is 5.02 Å². The van der Waals surface area contributed by atoms with Crippen LogP contribution in [0.15, 0.2) is 83.8 Å². The molecular weight excluding hydrogens is 567 g/mol. The molecule has 1 atom stereocenters. The standard InChI is InChI=1S/C28H29ClF3N3O4S/c1-3-25(27(37)33-2)34(17-16-20-10-6-4-7-11-20)26(36)19-35(40(38,39)22-12-8-5-9-13-22)21-14-15-24(29)23(18-21)28(30,31)32/h4-15,18,25H,3,16-17,19H2,1-2H3,(H,33,37)/t25-/m0/s1. The summed E-state index contributed by atoms with van der Waals surface area (Å²) in [5, 5.41) is 1.90. The first-order valence-corrected chi connectivity index (χ1v) is 14.2. The summed E-state index contributed by atoms with van der Waals surface area (Å²) in [5.41, 5.74) is -0.761. The molecule has 1 N–H and O–H groups in total. The maximum atomic E-state index is 13.8. The smallest absolute Gasteiger partial charge is 0.357 e. The van der Waals surface area contributed by atoms with E-state index in [2.05, 4.69) is 5.32 Å². The van der Waals surface area contributed by atoms with Crippen molar-refractivity contribution in [2.75, 3.05) is 24.4 Å². The average Bonchev–Trinajstić information content (AvgIpc) is 2.94. The van der Waals surface area contributed by atoms with Crippen molar-refractivity contribution in [1.82, 2.24) is 10.2 Å². The summed E-state index contributed by atoms with van der Waals surface area (Å²) in [6.07, 6.45) is -4.27. The number of halogens is 4. The molecule has 3 rings (SSSR count). The molecule has 214 valence electrons. The van der Waals surface area contributed by atoms with Gasteiger partial charge in [-0.25, -0.2) is 8.42 Å². The zero-order valence-corrected chi connectivity index (χ0v) is 23.4. The minimum Gasteiger partial charge on any atom is -0.357 e. The predicted molar refractivity (Wildman–Crippen MR) is 147 cm³/mol. The number of anilines is 1. The summed E-state index contributed by atoms with van der Waals surface area (Å²) < 4.78 is 69.0. The van der Waals surface area contributed by atoms with Crippen LogP contribution in [0, 0.1) is 0 Å². The molecule has 0 aromatic heterocycles. The third-order valence-electron chi connectivity index (χ3n) is 6.27. The largest absolute Gasteiger partial charge is 0.417 e. The third kappa shape index (κ3) is 7.33. The monoisotopic (exact) mass is 595 g/mol. The van der Waals surface area contributed by atoms with Gasteiger partial charge in [0, 0.05) is 13.6 Å². The van der Waals surface area contributed by atoms with Crippen LogP contribution >= 0.6 is 11.6 Å². The van der Waals surface area contributed by atoms with Crippen LogP contribution in [0.5, 0.6) is 0 Å². The highest BCUT2D eigenvalue weighted by molar-refractivity contribution is 7.92. The second-order valence-electron chi connectivity index (χ2n) is 8.85. The van der Waals surface area contributed by atoms with Crippen molar-refractivity contribution in [2.45, 2.75) is 36.9 Å². The van der Waals surface area contributed by atoms with Crippen LogP contribution in [0.25, 0.3) is 0 Å². The van der Waals surface area contributed by atoms with E-state index in [0.29, 0.717) is 16.8 Å². The first-order valence-electron chi connectivity index (χ1n) is 12.4. The Bertz CT molecular complexity index is 1420. The number of alkyl halides is 3. The van der Waals surface area contributed by atoms with Crippen LogP contribution in [0.3, 0.4) is 0 Å². The molecule has 0 saturated carbocycles. The van der Waals surface area contributed by atoms with Gasteiger partial charge in [0.25, 0.3) is 10.0 Å². The highest BCUT2D eigenvalue weighted by atomic mass is 35.5. The van der Waals surface area contributed by atoms with Gasteiger partial charge in [-0.2, -0.15) is 13.2 Å². The molecule has 0 aliphatic rings. The Morgan fingerprint density at radius 2 is 1.57 bits per heavy atom. The Kier molecular flexibility index (Phi) is 10.2. The molecule has 2 amide bonds. The van der Waals surface area contributed by atoms with Crippen molar-refractivity contribution in [2.24, 2.45) is 0 Å². The van der Waals surface area contributed by atoms with E-state index >= 15 is 0 Å². The van der Waals surface area contributed by atoms with Gasteiger partial charge in [-0.05, 0) is 48.7 Å². The van der Waals surface area contributed by atoms with Crippen LogP contribution < -0.4 is 9.62 Å². The van der Waals surface area contributed by atoms with Crippen LogP contribution in [0.4, 0.5) is 18.9 Å². The summed E-state index contributed by atoms with van der Waals surface area (Å²) in [7, 11) is -3.09. The van der Waals surface area contributed by atoms with Gasteiger partial charge in [0.05, 0.1) is 21.2 Å². The molecule has 12 heteroatoms. The van der Waals surface area contributed by atoms with Crippen molar-refractivity contribution >= 4 is 39.1 Å². The number of nitrogens with one attached hydrogen (secondary N) is 1. The van der Waals surface area contributed by atoms with Gasteiger partial charge in [-0.1, -0.05) is 67.1 Å². The fourth-order valence-electron chi connectivity index (χ4n) is 4.20. The second-order valence-corrected chi connectivity index (χ2v) is 11.1. The van der Waals surface area contributed by atoms with Gasteiger partial charge in [0.1, 0.15) is 12.6 Å². The lowest BCUT2D eigenvalue weighted by atomic mass is 10.1. The van der Waals surface area contributed by atoms with E-state index in [-0.39, 0.29) is 17.9 Å². The minimum absolute atomic E-state index is 0.0718. The van der Waals surface area contributed by atoms with Gasteiger partial charge in [0.15, 0.2) is 0 Å². The Morgan fingerprint density at radius 3 is 2.12 bits per heavy atom. The molecule has 3 aromatic rings.